The van der Waals surface area contributed by atoms with E-state index in [2.05, 4.69) is 5.32 Å². The first-order valence-electron chi connectivity index (χ1n) is 7.53. The maximum absolute atomic E-state index is 12.6. The number of benzene rings is 1. The maximum atomic E-state index is 12.6. The molecule has 0 bridgehead atoms. The lowest BCUT2D eigenvalue weighted by atomic mass is 10.2. The predicted octanol–water partition coefficient (Wildman–Crippen LogP) is 1.25. The Hall–Kier alpha value is -1.15. The Morgan fingerprint density at radius 3 is 2.57 bits per heavy atom. The van der Waals surface area contributed by atoms with Crippen LogP contribution in [0.1, 0.15) is 31.7 Å². The molecule has 8 heteroatoms. The van der Waals surface area contributed by atoms with Gasteiger partial charge in [-0.15, -0.1) is 12.4 Å². The van der Waals surface area contributed by atoms with Gasteiger partial charge in [-0.2, -0.15) is 4.31 Å². The Balaban J connectivity index is 0.00000264. The van der Waals surface area contributed by atoms with Gasteiger partial charge in [0.2, 0.25) is 15.9 Å². The molecular weight excluding hydrogens is 338 g/mol. The number of rotatable bonds is 5. The summed E-state index contributed by atoms with van der Waals surface area (Å²) in [6.07, 6.45) is 2.89. The molecule has 1 aromatic carbocycles. The van der Waals surface area contributed by atoms with E-state index in [1.165, 1.54) is 4.31 Å². The lowest BCUT2D eigenvalue weighted by molar-refractivity contribution is -0.122. The van der Waals surface area contributed by atoms with E-state index in [-0.39, 0.29) is 29.8 Å². The molecule has 3 N–H and O–H groups in total. The third-order valence-electron chi connectivity index (χ3n) is 3.73. The summed E-state index contributed by atoms with van der Waals surface area (Å²) in [5.74, 6) is -0.260. The fourth-order valence-electron chi connectivity index (χ4n) is 2.42. The third-order valence-corrected chi connectivity index (χ3v) is 5.63. The zero-order chi connectivity index (χ0) is 16.2. The van der Waals surface area contributed by atoms with Gasteiger partial charge in [0, 0.05) is 19.6 Å². The van der Waals surface area contributed by atoms with Gasteiger partial charge < -0.3 is 11.1 Å². The lowest BCUT2D eigenvalue weighted by Crippen LogP contribution is -2.38. The number of carbonyl (C=O) groups is 1. The number of halogens is 1. The molecule has 130 valence electrons. The van der Waals surface area contributed by atoms with Crippen LogP contribution in [0, 0.1) is 0 Å². The first-order chi connectivity index (χ1) is 10.4. The topological polar surface area (TPSA) is 92.5 Å². The molecule has 1 aliphatic rings. The smallest absolute Gasteiger partial charge is 0.243 e. The summed E-state index contributed by atoms with van der Waals surface area (Å²) >= 11 is 0. The van der Waals surface area contributed by atoms with Crippen molar-refractivity contribution in [1.29, 1.82) is 0 Å². The first kappa shape index (κ1) is 19.9. The van der Waals surface area contributed by atoms with Crippen molar-refractivity contribution in [2.24, 2.45) is 5.73 Å². The predicted molar refractivity (Wildman–Crippen MR) is 91.8 cm³/mol. The van der Waals surface area contributed by atoms with Gasteiger partial charge in [0.1, 0.15) is 0 Å². The third kappa shape index (κ3) is 5.17. The van der Waals surface area contributed by atoms with Crippen molar-refractivity contribution < 1.29 is 13.2 Å². The number of nitrogens with two attached hydrogens (primary N) is 1. The normalized spacial score (nSPS) is 17.1. The molecule has 0 radical (unpaired) electrons. The highest BCUT2D eigenvalue weighted by molar-refractivity contribution is 7.89. The molecule has 0 unspecified atom stereocenters. The van der Waals surface area contributed by atoms with Crippen LogP contribution in [0.3, 0.4) is 0 Å². The van der Waals surface area contributed by atoms with Gasteiger partial charge in [0.15, 0.2) is 0 Å². The number of amides is 1. The highest BCUT2D eigenvalue weighted by Gasteiger charge is 2.25. The maximum Gasteiger partial charge on any atom is 0.243 e. The number of hydrogen-bond acceptors (Lipinski definition) is 4. The summed E-state index contributed by atoms with van der Waals surface area (Å²) in [6, 6.07) is 6.12. The van der Waals surface area contributed by atoms with Gasteiger partial charge in [-0.1, -0.05) is 18.6 Å². The summed E-state index contributed by atoms with van der Waals surface area (Å²) in [4.78, 5) is 11.8. The Morgan fingerprint density at radius 2 is 1.96 bits per heavy atom. The lowest BCUT2D eigenvalue weighted by Gasteiger charge is -2.26. The molecule has 1 fully saturated rings. The zero-order valence-corrected chi connectivity index (χ0v) is 14.8. The van der Waals surface area contributed by atoms with E-state index in [1.807, 2.05) is 0 Å². The quantitative estimate of drug-likeness (QED) is 0.825. The van der Waals surface area contributed by atoms with Crippen LogP contribution in [-0.4, -0.2) is 37.8 Å². The largest absolute Gasteiger partial charge is 0.351 e. The molecule has 2 rings (SSSR count). The summed E-state index contributed by atoms with van der Waals surface area (Å²) in [6.45, 7) is 3.03. The van der Waals surface area contributed by atoms with Crippen molar-refractivity contribution >= 4 is 28.3 Å². The van der Waals surface area contributed by atoms with Gasteiger partial charge in [0.25, 0.3) is 0 Å². The number of nitrogens with zero attached hydrogens (tertiary/aromatic N) is 1. The van der Waals surface area contributed by atoms with Gasteiger partial charge in [0.05, 0.1) is 10.9 Å². The minimum absolute atomic E-state index is 0. The van der Waals surface area contributed by atoms with E-state index in [9.17, 15) is 13.2 Å². The van der Waals surface area contributed by atoms with Crippen molar-refractivity contribution in [1.82, 2.24) is 9.62 Å². The second kappa shape index (κ2) is 8.63. The van der Waals surface area contributed by atoms with E-state index in [0.717, 1.165) is 24.8 Å². The van der Waals surface area contributed by atoms with Crippen LogP contribution in [0.5, 0.6) is 0 Å². The molecular formula is C15H24ClN3O3S. The summed E-state index contributed by atoms with van der Waals surface area (Å²) in [7, 11) is -3.44. The first-order valence-corrected chi connectivity index (χ1v) is 8.97. The number of piperidine rings is 1. The summed E-state index contributed by atoms with van der Waals surface area (Å²) < 4.78 is 26.7. The van der Waals surface area contributed by atoms with E-state index in [0.29, 0.717) is 13.1 Å². The Bertz CT molecular complexity index is 629. The van der Waals surface area contributed by atoms with Crippen LogP contribution in [0.15, 0.2) is 29.2 Å². The fourth-order valence-corrected chi connectivity index (χ4v) is 4.01. The minimum atomic E-state index is -3.44. The average Bonchev–Trinajstić information content (AvgIpc) is 2.53. The van der Waals surface area contributed by atoms with Gasteiger partial charge in [-0.25, -0.2) is 8.42 Å². The monoisotopic (exact) mass is 361 g/mol. The number of sulfonamides is 1. The van der Waals surface area contributed by atoms with Crippen LogP contribution < -0.4 is 11.1 Å². The summed E-state index contributed by atoms with van der Waals surface area (Å²) in [5, 5.41) is 2.68. The van der Waals surface area contributed by atoms with E-state index < -0.39 is 16.1 Å². The molecule has 1 amide bonds. The van der Waals surface area contributed by atoms with Crippen LogP contribution in [0.4, 0.5) is 0 Å². The molecule has 0 aliphatic carbocycles. The van der Waals surface area contributed by atoms with Crippen LogP contribution in [0.25, 0.3) is 0 Å². The second-order valence-electron chi connectivity index (χ2n) is 5.62. The molecule has 6 nitrogen and oxygen atoms in total. The SMILES string of the molecule is C[C@H](N)C(=O)NCc1cccc(S(=O)(=O)N2CCCCC2)c1.Cl. The average molecular weight is 362 g/mol. The van der Waals surface area contributed by atoms with Gasteiger partial charge in [-0.05, 0) is 37.5 Å². The van der Waals surface area contributed by atoms with Gasteiger partial charge >= 0.3 is 0 Å². The highest BCUT2D eigenvalue weighted by Crippen LogP contribution is 2.21. The molecule has 1 heterocycles. The van der Waals surface area contributed by atoms with Crippen LogP contribution >= 0.6 is 12.4 Å². The fraction of sp³-hybridized carbons (Fsp3) is 0.533. The molecule has 1 aromatic rings. The van der Waals surface area contributed by atoms with Crippen LogP contribution in [-0.2, 0) is 21.4 Å². The highest BCUT2D eigenvalue weighted by atomic mass is 35.5. The molecule has 0 saturated carbocycles. The van der Waals surface area contributed by atoms with E-state index in [1.54, 1.807) is 31.2 Å². The number of hydrogen-bond donors (Lipinski definition) is 2. The van der Waals surface area contributed by atoms with Crippen molar-refractivity contribution in [2.45, 2.75) is 43.7 Å². The van der Waals surface area contributed by atoms with Crippen molar-refractivity contribution in [3.05, 3.63) is 29.8 Å². The number of carbonyl (C=O) groups excluding carboxylic acids is 1. The molecule has 0 aromatic heterocycles. The Kier molecular flexibility index (Phi) is 7.47. The van der Waals surface area contributed by atoms with Crippen molar-refractivity contribution in [3.8, 4) is 0 Å². The van der Waals surface area contributed by atoms with E-state index in [4.69, 9.17) is 5.73 Å². The Labute approximate surface area is 143 Å². The van der Waals surface area contributed by atoms with Crippen molar-refractivity contribution in [3.63, 3.8) is 0 Å². The molecule has 0 spiro atoms. The molecule has 23 heavy (non-hydrogen) atoms. The van der Waals surface area contributed by atoms with Gasteiger partial charge in [-0.3, -0.25) is 4.79 Å². The second-order valence-corrected chi connectivity index (χ2v) is 7.56. The number of nitrogens with one attached hydrogen (secondary N) is 1. The molecule has 1 aliphatic heterocycles. The molecule has 1 saturated heterocycles. The van der Waals surface area contributed by atoms with E-state index >= 15 is 0 Å². The van der Waals surface area contributed by atoms with Crippen molar-refractivity contribution in [2.75, 3.05) is 13.1 Å². The standard InChI is InChI=1S/C15H23N3O3S.ClH/c1-12(16)15(19)17-11-13-6-5-7-14(10-13)22(20,21)18-8-3-2-4-9-18;/h5-7,10,12H,2-4,8-9,11,16H2,1H3,(H,17,19);1H/t12-;/m0./s1. The zero-order valence-electron chi connectivity index (χ0n) is 13.2. The molecule has 1 atom stereocenters. The Morgan fingerprint density at radius 1 is 1.30 bits per heavy atom. The minimum Gasteiger partial charge on any atom is -0.351 e. The summed E-state index contributed by atoms with van der Waals surface area (Å²) in [5.41, 5.74) is 6.22. The van der Waals surface area contributed by atoms with Crippen LogP contribution in [0.2, 0.25) is 0 Å².